The van der Waals surface area contributed by atoms with Crippen LogP contribution in [0.15, 0.2) is 168 Å². The van der Waals surface area contributed by atoms with Gasteiger partial charge in [0.25, 0.3) is 0 Å². The van der Waals surface area contributed by atoms with Crippen molar-refractivity contribution in [3.8, 4) is 56.4 Å². The van der Waals surface area contributed by atoms with Crippen LogP contribution in [0, 0.1) is 0 Å². The standard InChI is InChI=1S/C43H27N3O/c1-4-12-28(13-5-1)32-22-20-30-21-23-33(25-34(30)24-32)42-44-41(31-16-8-3-9-17-31)45-43(46-42)37-26-35(29-14-6-2-7-15-29)27-39-40(37)36-18-10-11-19-38(36)47-39/h1-27H/i2D,3D,6D,7D,8D,9D,14D,15D,16D,17D. The van der Waals surface area contributed by atoms with E-state index in [1.165, 1.54) is 0 Å². The number of furan rings is 1. The third-order valence-corrected chi connectivity index (χ3v) is 8.07. The lowest BCUT2D eigenvalue weighted by atomic mass is 9.98. The summed E-state index contributed by atoms with van der Waals surface area (Å²) in [6.45, 7) is 0. The van der Waals surface area contributed by atoms with Gasteiger partial charge in [-0.2, -0.15) is 0 Å². The maximum absolute atomic E-state index is 8.82. The molecule has 0 saturated heterocycles. The summed E-state index contributed by atoms with van der Waals surface area (Å²) in [4.78, 5) is 14.5. The molecule has 7 aromatic carbocycles. The van der Waals surface area contributed by atoms with Crippen LogP contribution in [0.1, 0.15) is 13.7 Å². The Morgan fingerprint density at radius 3 is 1.85 bits per heavy atom. The summed E-state index contributed by atoms with van der Waals surface area (Å²) in [6.07, 6.45) is 0. The summed E-state index contributed by atoms with van der Waals surface area (Å²) in [5.41, 5.74) is 3.70. The van der Waals surface area contributed by atoms with E-state index in [-0.39, 0.29) is 34.2 Å². The zero-order valence-electron chi connectivity index (χ0n) is 34.6. The zero-order chi connectivity index (χ0) is 39.9. The summed E-state index contributed by atoms with van der Waals surface area (Å²) in [5.74, 6) is -0.00648. The highest BCUT2D eigenvalue weighted by molar-refractivity contribution is 6.13. The van der Waals surface area contributed by atoms with Crippen LogP contribution in [0.2, 0.25) is 0 Å². The molecule has 0 aliphatic rings. The van der Waals surface area contributed by atoms with Crippen molar-refractivity contribution in [2.45, 2.75) is 0 Å². The lowest BCUT2D eigenvalue weighted by Gasteiger charge is -2.12. The number of aromatic nitrogens is 3. The third kappa shape index (κ3) is 4.93. The molecule has 0 unspecified atom stereocenters. The lowest BCUT2D eigenvalue weighted by Crippen LogP contribution is -2.00. The number of benzene rings is 7. The SMILES string of the molecule is [2H]c1c([2H])c([2H])c(-c2cc(-c3nc(-c4ccc5ccc(-c6ccccc6)cc5c4)nc(-c4c([2H])c([2H])c([2H])c([2H])c4[2H])n3)c3c(c2)oc2ccccc23)c([2H])c1[2H]. The molecule has 9 aromatic rings. The lowest BCUT2D eigenvalue weighted by molar-refractivity contribution is 0.669. The second-order valence-corrected chi connectivity index (χ2v) is 10.9. The van der Waals surface area contributed by atoms with Crippen molar-refractivity contribution >= 4 is 32.7 Å². The van der Waals surface area contributed by atoms with Crippen molar-refractivity contribution in [1.29, 1.82) is 0 Å². The Morgan fingerprint density at radius 2 is 1.06 bits per heavy atom. The Morgan fingerprint density at radius 1 is 0.426 bits per heavy atom. The molecule has 0 aliphatic heterocycles. The molecule has 0 fully saturated rings. The molecule has 2 aromatic heterocycles. The van der Waals surface area contributed by atoms with Crippen molar-refractivity contribution < 1.29 is 18.1 Å². The highest BCUT2D eigenvalue weighted by Gasteiger charge is 2.19. The van der Waals surface area contributed by atoms with Crippen LogP contribution < -0.4 is 0 Å². The smallest absolute Gasteiger partial charge is 0.164 e. The number of rotatable bonds is 5. The molecular formula is C43H27N3O. The topological polar surface area (TPSA) is 51.8 Å². The molecular weight excluding hydrogens is 574 g/mol. The number of nitrogens with zero attached hydrogens (tertiary/aromatic N) is 3. The van der Waals surface area contributed by atoms with E-state index in [1.54, 1.807) is 24.3 Å². The minimum absolute atomic E-state index is 0.0331. The van der Waals surface area contributed by atoms with E-state index in [4.69, 9.17) is 33.1 Å². The molecule has 0 aliphatic carbocycles. The predicted octanol–water partition coefficient (Wildman–Crippen LogP) is 11.3. The average molecular weight is 612 g/mol. The second kappa shape index (κ2) is 11.2. The van der Waals surface area contributed by atoms with Crippen LogP contribution in [0.4, 0.5) is 0 Å². The molecule has 9 rings (SSSR count). The normalized spacial score (nSPS) is 14.4. The fraction of sp³-hybridized carbons (Fsp3) is 0. The number of hydrogen-bond donors (Lipinski definition) is 0. The fourth-order valence-corrected chi connectivity index (χ4v) is 5.86. The average Bonchev–Trinajstić information content (AvgIpc) is 3.62. The van der Waals surface area contributed by atoms with E-state index in [2.05, 4.69) is 6.07 Å². The van der Waals surface area contributed by atoms with Crippen LogP contribution in [0.5, 0.6) is 0 Å². The molecule has 0 spiro atoms. The van der Waals surface area contributed by atoms with E-state index in [9.17, 15) is 0 Å². The van der Waals surface area contributed by atoms with Gasteiger partial charge in [-0.25, -0.2) is 15.0 Å². The molecule has 0 saturated carbocycles. The summed E-state index contributed by atoms with van der Waals surface area (Å²) in [5, 5.41) is 3.07. The van der Waals surface area contributed by atoms with Gasteiger partial charge in [-0.3, -0.25) is 0 Å². The first kappa shape index (κ1) is 18.5. The summed E-state index contributed by atoms with van der Waals surface area (Å²) in [7, 11) is 0. The van der Waals surface area contributed by atoms with E-state index in [0.717, 1.165) is 21.9 Å². The highest BCUT2D eigenvalue weighted by atomic mass is 16.3. The molecule has 0 amide bonds. The molecule has 2 heterocycles. The van der Waals surface area contributed by atoms with Crippen LogP contribution in [0.25, 0.3) is 89.1 Å². The molecule has 0 N–H and O–H groups in total. The van der Waals surface area contributed by atoms with Crippen LogP contribution in [-0.4, -0.2) is 15.0 Å². The molecule has 4 nitrogen and oxygen atoms in total. The van der Waals surface area contributed by atoms with Gasteiger partial charge in [0.15, 0.2) is 17.5 Å². The first-order chi connectivity index (χ1) is 27.4. The maximum Gasteiger partial charge on any atom is 0.164 e. The van der Waals surface area contributed by atoms with E-state index in [1.807, 2.05) is 72.8 Å². The maximum atomic E-state index is 8.82. The Labute approximate surface area is 285 Å². The van der Waals surface area contributed by atoms with E-state index in [0.29, 0.717) is 33.1 Å². The first-order valence-corrected chi connectivity index (χ1v) is 14.9. The van der Waals surface area contributed by atoms with Gasteiger partial charge in [-0.05, 0) is 63.4 Å². The van der Waals surface area contributed by atoms with Gasteiger partial charge in [0, 0.05) is 27.5 Å². The molecule has 0 atom stereocenters. The molecule has 0 radical (unpaired) electrons. The number of hydrogen-bond acceptors (Lipinski definition) is 4. The minimum atomic E-state index is -0.565. The van der Waals surface area contributed by atoms with Crippen molar-refractivity contribution in [3.63, 3.8) is 0 Å². The number of fused-ring (bicyclic) bond motifs is 4. The van der Waals surface area contributed by atoms with Crippen LogP contribution in [-0.2, 0) is 0 Å². The Bertz CT molecular complexity index is 3090. The summed E-state index contributed by atoms with van der Waals surface area (Å²) in [6, 6.07) is 27.2. The monoisotopic (exact) mass is 611 g/mol. The Hall–Kier alpha value is -6.39. The van der Waals surface area contributed by atoms with E-state index >= 15 is 0 Å². The van der Waals surface area contributed by atoms with Gasteiger partial charge in [0.2, 0.25) is 0 Å². The van der Waals surface area contributed by atoms with E-state index < -0.39 is 60.4 Å². The molecule has 0 bridgehead atoms. The minimum Gasteiger partial charge on any atom is -0.456 e. The molecule has 4 heteroatoms. The second-order valence-electron chi connectivity index (χ2n) is 10.9. The third-order valence-electron chi connectivity index (χ3n) is 8.07. The number of para-hydroxylation sites is 1. The predicted molar refractivity (Wildman–Crippen MR) is 192 cm³/mol. The van der Waals surface area contributed by atoms with Crippen molar-refractivity contribution in [2.24, 2.45) is 0 Å². The molecule has 220 valence electrons. The van der Waals surface area contributed by atoms with Crippen LogP contribution in [0.3, 0.4) is 0 Å². The van der Waals surface area contributed by atoms with Gasteiger partial charge in [-0.15, -0.1) is 0 Å². The quantitative estimate of drug-likeness (QED) is 0.194. The van der Waals surface area contributed by atoms with Crippen molar-refractivity contribution in [3.05, 3.63) is 164 Å². The van der Waals surface area contributed by atoms with Gasteiger partial charge in [-0.1, -0.05) is 133 Å². The largest absolute Gasteiger partial charge is 0.456 e. The summed E-state index contributed by atoms with van der Waals surface area (Å²) < 4.78 is 91.4. The Balaban J connectivity index is 1.36. The van der Waals surface area contributed by atoms with Gasteiger partial charge >= 0.3 is 0 Å². The van der Waals surface area contributed by atoms with Crippen molar-refractivity contribution in [2.75, 3.05) is 0 Å². The van der Waals surface area contributed by atoms with Crippen LogP contribution >= 0.6 is 0 Å². The van der Waals surface area contributed by atoms with Gasteiger partial charge in [0.1, 0.15) is 11.2 Å². The van der Waals surface area contributed by atoms with Gasteiger partial charge < -0.3 is 4.42 Å². The fourth-order valence-electron chi connectivity index (χ4n) is 5.86. The first-order valence-electron chi connectivity index (χ1n) is 19.9. The van der Waals surface area contributed by atoms with Gasteiger partial charge in [0.05, 0.1) is 13.7 Å². The molecule has 47 heavy (non-hydrogen) atoms. The highest BCUT2D eigenvalue weighted by Crippen LogP contribution is 2.40. The summed E-state index contributed by atoms with van der Waals surface area (Å²) >= 11 is 0. The zero-order valence-corrected chi connectivity index (χ0v) is 24.6. The van der Waals surface area contributed by atoms with Crippen molar-refractivity contribution in [1.82, 2.24) is 15.0 Å². The Kier molecular flexibility index (Phi) is 4.42.